The summed E-state index contributed by atoms with van der Waals surface area (Å²) in [4.78, 5) is 0. The Hall–Kier alpha value is -0.610. The van der Waals surface area contributed by atoms with E-state index in [4.69, 9.17) is 9.47 Å². The Morgan fingerprint density at radius 1 is 1.42 bits per heavy atom. The van der Waals surface area contributed by atoms with Gasteiger partial charge in [-0.2, -0.15) is 0 Å². The number of hydrogen-bond acceptors (Lipinski definition) is 2. The molecule has 1 unspecified atom stereocenters. The third-order valence-electron chi connectivity index (χ3n) is 4.16. The second-order valence-electron chi connectivity index (χ2n) is 5.52. The highest BCUT2D eigenvalue weighted by Gasteiger charge is 2.43. The fourth-order valence-corrected chi connectivity index (χ4v) is 3.25. The molecule has 0 bridgehead atoms. The van der Waals surface area contributed by atoms with Crippen LogP contribution in [0.3, 0.4) is 0 Å². The zero-order chi connectivity index (χ0) is 13.3. The summed E-state index contributed by atoms with van der Waals surface area (Å²) >= 11 is 3.32. The molecule has 0 N–H and O–H groups in total. The Balaban J connectivity index is 1.67. The van der Waals surface area contributed by atoms with Crippen molar-refractivity contribution < 1.29 is 13.9 Å². The van der Waals surface area contributed by atoms with Crippen molar-refractivity contribution in [2.75, 3.05) is 6.61 Å². The lowest BCUT2D eigenvalue weighted by Crippen LogP contribution is -2.48. The van der Waals surface area contributed by atoms with Crippen molar-refractivity contribution in [1.82, 2.24) is 0 Å². The van der Waals surface area contributed by atoms with Crippen molar-refractivity contribution in [2.24, 2.45) is 0 Å². The smallest absolute Gasteiger partial charge is 0.165 e. The monoisotopic (exact) mass is 328 g/mol. The summed E-state index contributed by atoms with van der Waals surface area (Å²) in [6.07, 6.45) is 5.31. The molecule has 19 heavy (non-hydrogen) atoms. The highest BCUT2D eigenvalue weighted by molar-refractivity contribution is 9.08. The Morgan fingerprint density at radius 3 is 2.89 bits per heavy atom. The maximum Gasteiger partial charge on any atom is 0.165 e. The lowest BCUT2D eigenvalue weighted by molar-refractivity contribution is -0.153. The van der Waals surface area contributed by atoms with Crippen LogP contribution in [0.1, 0.15) is 37.7 Å². The van der Waals surface area contributed by atoms with E-state index in [0.717, 1.165) is 37.9 Å². The predicted octanol–water partition coefficient (Wildman–Crippen LogP) is 4.20. The van der Waals surface area contributed by atoms with Crippen LogP contribution in [0.5, 0.6) is 5.75 Å². The molecule has 1 aliphatic heterocycles. The minimum Gasteiger partial charge on any atom is -0.487 e. The van der Waals surface area contributed by atoms with Crippen molar-refractivity contribution in [3.8, 4) is 5.75 Å². The van der Waals surface area contributed by atoms with Crippen LogP contribution in [0.2, 0.25) is 0 Å². The first kappa shape index (κ1) is 13.4. The predicted molar refractivity (Wildman–Crippen MR) is 75.2 cm³/mol. The molecular weight excluding hydrogens is 311 g/mol. The van der Waals surface area contributed by atoms with Crippen LogP contribution < -0.4 is 4.74 Å². The molecule has 0 aromatic heterocycles. The van der Waals surface area contributed by atoms with Gasteiger partial charge in [0, 0.05) is 18.2 Å². The molecule has 3 rings (SSSR count). The van der Waals surface area contributed by atoms with Gasteiger partial charge in [-0.25, -0.2) is 4.39 Å². The van der Waals surface area contributed by atoms with Gasteiger partial charge in [-0.05, 0) is 37.0 Å². The lowest BCUT2D eigenvalue weighted by atomic mass is 9.74. The lowest BCUT2D eigenvalue weighted by Gasteiger charge is -2.46. The Bertz CT molecular complexity index is 459. The van der Waals surface area contributed by atoms with Gasteiger partial charge in [-0.1, -0.05) is 22.0 Å². The van der Waals surface area contributed by atoms with Gasteiger partial charge in [-0.15, -0.1) is 0 Å². The van der Waals surface area contributed by atoms with Crippen molar-refractivity contribution in [3.05, 3.63) is 29.6 Å². The number of hydrogen-bond donors (Lipinski definition) is 0. The van der Waals surface area contributed by atoms with E-state index in [1.807, 2.05) is 6.07 Å². The van der Waals surface area contributed by atoms with Crippen LogP contribution in [0.15, 0.2) is 18.2 Å². The minimum atomic E-state index is -0.272. The second-order valence-corrected chi connectivity index (χ2v) is 6.08. The van der Waals surface area contributed by atoms with Crippen LogP contribution >= 0.6 is 15.9 Å². The summed E-state index contributed by atoms with van der Waals surface area (Å²) in [5.41, 5.74) is 0.960. The molecule has 1 atom stereocenters. The quantitative estimate of drug-likeness (QED) is 0.774. The van der Waals surface area contributed by atoms with E-state index in [0.29, 0.717) is 11.1 Å². The molecule has 1 spiro atoms. The summed E-state index contributed by atoms with van der Waals surface area (Å²) in [5.74, 6) is 0.0946. The Labute approximate surface area is 121 Å². The molecule has 2 fully saturated rings. The number of alkyl halides is 1. The van der Waals surface area contributed by atoms with Crippen LogP contribution in [0.4, 0.5) is 4.39 Å². The highest BCUT2D eigenvalue weighted by Crippen LogP contribution is 2.43. The van der Waals surface area contributed by atoms with Gasteiger partial charge in [0.2, 0.25) is 0 Å². The molecule has 2 aliphatic rings. The van der Waals surface area contributed by atoms with E-state index < -0.39 is 0 Å². The van der Waals surface area contributed by atoms with Gasteiger partial charge in [-0.3, -0.25) is 0 Å². The van der Waals surface area contributed by atoms with Gasteiger partial charge in [0.25, 0.3) is 0 Å². The summed E-state index contributed by atoms with van der Waals surface area (Å²) in [5, 5.41) is 0.657. The molecule has 1 aromatic carbocycles. The van der Waals surface area contributed by atoms with Crippen LogP contribution in [-0.4, -0.2) is 18.3 Å². The van der Waals surface area contributed by atoms with E-state index in [9.17, 15) is 4.39 Å². The first-order valence-corrected chi connectivity index (χ1v) is 7.98. The van der Waals surface area contributed by atoms with E-state index in [-0.39, 0.29) is 17.5 Å². The minimum absolute atomic E-state index is 0.0369. The molecule has 1 aliphatic carbocycles. The average molecular weight is 329 g/mol. The number of halogens is 2. The Kier molecular flexibility index (Phi) is 3.81. The fourth-order valence-electron chi connectivity index (χ4n) is 2.91. The van der Waals surface area contributed by atoms with Gasteiger partial charge in [0.05, 0.1) is 12.2 Å². The molecule has 1 saturated carbocycles. The molecule has 1 aromatic rings. The van der Waals surface area contributed by atoms with E-state index in [1.54, 1.807) is 6.07 Å². The van der Waals surface area contributed by atoms with Crippen molar-refractivity contribution in [3.63, 3.8) is 0 Å². The van der Waals surface area contributed by atoms with Crippen LogP contribution in [0, 0.1) is 5.82 Å². The number of rotatable bonds is 3. The first-order valence-electron chi connectivity index (χ1n) is 6.86. The molecule has 0 amide bonds. The van der Waals surface area contributed by atoms with Crippen LogP contribution in [-0.2, 0) is 10.1 Å². The van der Waals surface area contributed by atoms with Gasteiger partial charge < -0.3 is 9.47 Å². The third kappa shape index (κ3) is 2.79. The summed E-state index contributed by atoms with van der Waals surface area (Å²) < 4.78 is 25.6. The average Bonchev–Trinajstić information content (AvgIpc) is 2.39. The molecular formula is C15H18BrFO2. The maximum atomic E-state index is 13.9. The summed E-state index contributed by atoms with van der Waals surface area (Å²) in [6, 6.07) is 5.16. The summed E-state index contributed by atoms with van der Waals surface area (Å²) in [7, 11) is 0. The molecule has 1 saturated heterocycles. The topological polar surface area (TPSA) is 18.5 Å². The third-order valence-corrected chi connectivity index (χ3v) is 4.80. The standard InChI is InChI=1S/C15H18BrFO2/c16-10-11-2-3-14(13(17)8-11)19-12-4-7-18-15(9-12)5-1-6-15/h2-3,8,12H,1,4-7,9-10H2. The SMILES string of the molecule is Fc1cc(CBr)ccc1OC1CCOC2(CCC2)C1. The van der Waals surface area contributed by atoms with E-state index in [1.165, 1.54) is 12.5 Å². The normalized spacial score (nSPS) is 25.1. The zero-order valence-electron chi connectivity index (χ0n) is 10.8. The maximum absolute atomic E-state index is 13.9. The molecule has 1 heterocycles. The highest BCUT2D eigenvalue weighted by atomic mass is 79.9. The number of benzene rings is 1. The van der Waals surface area contributed by atoms with Crippen molar-refractivity contribution in [1.29, 1.82) is 0 Å². The summed E-state index contributed by atoms with van der Waals surface area (Å²) in [6.45, 7) is 0.728. The number of ether oxygens (including phenoxy) is 2. The van der Waals surface area contributed by atoms with E-state index >= 15 is 0 Å². The molecule has 104 valence electrons. The fraction of sp³-hybridized carbons (Fsp3) is 0.600. The van der Waals surface area contributed by atoms with Gasteiger partial charge in [0.1, 0.15) is 6.10 Å². The van der Waals surface area contributed by atoms with Crippen molar-refractivity contribution >= 4 is 15.9 Å². The molecule has 0 radical (unpaired) electrons. The molecule has 4 heteroatoms. The van der Waals surface area contributed by atoms with E-state index in [2.05, 4.69) is 15.9 Å². The van der Waals surface area contributed by atoms with Gasteiger partial charge >= 0.3 is 0 Å². The largest absolute Gasteiger partial charge is 0.487 e. The van der Waals surface area contributed by atoms with Crippen molar-refractivity contribution in [2.45, 2.75) is 49.1 Å². The van der Waals surface area contributed by atoms with Gasteiger partial charge in [0.15, 0.2) is 11.6 Å². The Morgan fingerprint density at radius 2 is 2.26 bits per heavy atom. The zero-order valence-corrected chi connectivity index (χ0v) is 12.4. The van der Waals surface area contributed by atoms with Crippen LogP contribution in [0.25, 0.3) is 0 Å². The first-order chi connectivity index (χ1) is 9.21. The molecule has 2 nitrogen and oxygen atoms in total. The second kappa shape index (κ2) is 5.41.